The molecule has 1 N–H and O–H groups in total. The molecule has 1 aromatic heterocycles. The molecule has 35 heavy (non-hydrogen) atoms. The van der Waals surface area contributed by atoms with Crippen LogP contribution in [-0.2, 0) is 10.5 Å². The smallest absolute Gasteiger partial charge is 0.251 e. The Morgan fingerprint density at radius 1 is 1.06 bits per heavy atom. The zero-order valence-electron chi connectivity index (χ0n) is 20.4. The maximum absolute atomic E-state index is 12.5. The minimum atomic E-state index is -0.0304. The van der Waals surface area contributed by atoms with E-state index in [1.165, 1.54) is 0 Å². The van der Waals surface area contributed by atoms with Crippen molar-refractivity contribution in [2.45, 2.75) is 24.3 Å². The number of morpholine rings is 1. The van der Waals surface area contributed by atoms with Gasteiger partial charge in [-0.25, -0.2) is 9.97 Å². The summed E-state index contributed by atoms with van der Waals surface area (Å²) < 4.78 is 5.37. The van der Waals surface area contributed by atoms with Gasteiger partial charge in [-0.1, -0.05) is 42.4 Å². The van der Waals surface area contributed by atoms with Crippen LogP contribution in [-0.4, -0.2) is 97.8 Å². The number of hydrogen-bond acceptors (Lipinski definition) is 8. The largest absolute Gasteiger partial charge is 0.379 e. The number of benzene rings is 1. The van der Waals surface area contributed by atoms with Gasteiger partial charge in [0, 0.05) is 63.2 Å². The summed E-state index contributed by atoms with van der Waals surface area (Å²) in [5, 5.41) is 4.16. The number of piperazine rings is 1. The summed E-state index contributed by atoms with van der Waals surface area (Å²) in [6.07, 6.45) is 0.941. The Labute approximate surface area is 217 Å². The molecule has 0 unspecified atom stereocenters. The van der Waals surface area contributed by atoms with Crippen LogP contribution < -0.4 is 10.2 Å². The summed E-state index contributed by atoms with van der Waals surface area (Å²) in [6.45, 7) is 12.5. The van der Waals surface area contributed by atoms with Crippen molar-refractivity contribution in [2.24, 2.45) is 0 Å². The number of hydrogen-bond donors (Lipinski definition) is 1. The average Bonchev–Trinajstić information content (AvgIpc) is 2.90. The third kappa shape index (κ3) is 8.05. The molecule has 190 valence electrons. The number of aromatic nitrogens is 2. The molecule has 2 aliphatic heterocycles. The Morgan fingerprint density at radius 2 is 1.80 bits per heavy atom. The van der Waals surface area contributed by atoms with Gasteiger partial charge in [-0.05, 0) is 37.2 Å². The van der Waals surface area contributed by atoms with Crippen molar-refractivity contribution in [3.63, 3.8) is 0 Å². The molecule has 2 aromatic rings. The average molecular weight is 519 g/mol. The third-order valence-electron chi connectivity index (χ3n) is 6.43. The van der Waals surface area contributed by atoms with E-state index >= 15 is 0 Å². The van der Waals surface area contributed by atoms with Crippen LogP contribution in [0.5, 0.6) is 0 Å². The summed E-state index contributed by atoms with van der Waals surface area (Å²) in [6, 6.07) is 9.59. The van der Waals surface area contributed by atoms with Gasteiger partial charge in [0.15, 0.2) is 5.16 Å². The highest BCUT2D eigenvalue weighted by Gasteiger charge is 2.18. The first kappa shape index (κ1) is 26.2. The van der Waals surface area contributed by atoms with E-state index in [-0.39, 0.29) is 5.91 Å². The molecule has 2 fully saturated rings. The molecular weight excluding hydrogens is 484 g/mol. The molecule has 0 radical (unpaired) electrons. The molecule has 0 spiro atoms. The van der Waals surface area contributed by atoms with Crippen LogP contribution in [0.15, 0.2) is 35.5 Å². The Bertz CT molecular complexity index is 949. The SMILES string of the molecule is CCN1CCN(c2cc(Cl)nc(SCc3ccc(C(=O)NCCCN4CCOCC4)cc3)n2)CC1. The molecule has 1 amide bonds. The van der Waals surface area contributed by atoms with Crippen LogP contribution >= 0.6 is 23.4 Å². The minimum Gasteiger partial charge on any atom is -0.379 e. The Morgan fingerprint density at radius 3 is 2.51 bits per heavy atom. The molecule has 3 heterocycles. The second-order valence-electron chi connectivity index (χ2n) is 8.80. The number of thioether (sulfide) groups is 1. The summed E-state index contributed by atoms with van der Waals surface area (Å²) in [7, 11) is 0. The first-order valence-corrected chi connectivity index (χ1v) is 13.8. The molecule has 10 heteroatoms. The normalized spacial score (nSPS) is 17.5. The van der Waals surface area contributed by atoms with Crippen LogP contribution in [0.3, 0.4) is 0 Å². The van der Waals surface area contributed by atoms with Crippen LogP contribution in [0.4, 0.5) is 5.82 Å². The minimum absolute atomic E-state index is 0.0304. The highest BCUT2D eigenvalue weighted by atomic mass is 35.5. The lowest BCUT2D eigenvalue weighted by atomic mass is 10.1. The van der Waals surface area contributed by atoms with E-state index in [4.69, 9.17) is 21.3 Å². The molecular formula is C25H35ClN6O2S. The number of nitrogens with zero attached hydrogens (tertiary/aromatic N) is 5. The molecule has 0 atom stereocenters. The summed E-state index contributed by atoms with van der Waals surface area (Å²) in [5.41, 5.74) is 1.79. The number of amides is 1. The van der Waals surface area contributed by atoms with E-state index < -0.39 is 0 Å². The van der Waals surface area contributed by atoms with Gasteiger partial charge >= 0.3 is 0 Å². The van der Waals surface area contributed by atoms with Gasteiger partial charge in [-0.3, -0.25) is 9.69 Å². The fraction of sp³-hybridized carbons (Fsp3) is 0.560. The lowest BCUT2D eigenvalue weighted by molar-refractivity contribution is 0.0374. The predicted molar refractivity (Wildman–Crippen MR) is 142 cm³/mol. The summed E-state index contributed by atoms with van der Waals surface area (Å²) in [5.74, 6) is 1.58. The molecule has 2 aliphatic rings. The van der Waals surface area contributed by atoms with Crippen LogP contribution in [0.2, 0.25) is 5.15 Å². The van der Waals surface area contributed by atoms with E-state index in [0.717, 1.165) is 83.4 Å². The van der Waals surface area contributed by atoms with Gasteiger partial charge in [-0.2, -0.15) is 0 Å². The maximum atomic E-state index is 12.5. The highest BCUT2D eigenvalue weighted by Crippen LogP contribution is 2.25. The van der Waals surface area contributed by atoms with Crippen molar-refractivity contribution in [1.29, 1.82) is 0 Å². The number of rotatable bonds is 10. The summed E-state index contributed by atoms with van der Waals surface area (Å²) in [4.78, 5) is 28.7. The fourth-order valence-electron chi connectivity index (χ4n) is 4.24. The molecule has 8 nitrogen and oxygen atoms in total. The zero-order chi connectivity index (χ0) is 24.5. The second-order valence-corrected chi connectivity index (χ2v) is 10.1. The van der Waals surface area contributed by atoms with Crippen molar-refractivity contribution in [1.82, 2.24) is 25.1 Å². The van der Waals surface area contributed by atoms with E-state index in [1.54, 1.807) is 11.8 Å². The van der Waals surface area contributed by atoms with Crippen LogP contribution in [0.1, 0.15) is 29.3 Å². The lowest BCUT2D eigenvalue weighted by Crippen LogP contribution is -2.46. The molecule has 4 rings (SSSR count). The summed E-state index contributed by atoms with van der Waals surface area (Å²) >= 11 is 7.86. The first-order chi connectivity index (χ1) is 17.1. The Balaban J connectivity index is 1.23. The van der Waals surface area contributed by atoms with E-state index in [0.29, 0.717) is 28.2 Å². The van der Waals surface area contributed by atoms with Gasteiger partial charge in [0.1, 0.15) is 11.0 Å². The quantitative estimate of drug-likeness (QED) is 0.223. The number of likely N-dealkylation sites (N-methyl/N-ethyl adjacent to an activating group) is 1. The molecule has 0 aliphatic carbocycles. The number of ether oxygens (including phenoxy) is 1. The van der Waals surface area contributed by atoms with Crippen molar-refractivity contribution >= 4 is 35.1 Å². The van der Waals surface area contributed by atoms with Crippen molar-refractivity contribution in [2.75, 3.05) is 77.0 Å². The van der Waals surface area contributed by atoms with E-state index in [9.17, 15) is 4.79 Å². The maximum Gasteiger partial charge on any atom is 0.251 e. The number of carbonyl (C=O) groups is 1. The number of anilines is 1. The van der Waals surface area contributed by atoms with Gasteiger partial charge in [0.2, 0.25) is 0 Å². The Kier molecular flexibility index (Phi) is 10.0. The first-order valence-electron chi connectivity index (χ1n) is 12.4. The van der Waals surface area contributed by atoms with Gasteiger partial charge < -0.3 is 19.9 Å². The topological polar surface area (TPSA) is 73.8 Å². The Hall–Kier alpha value is -1.91. The van der Waals surface area contributed by atoms with Crippen molar-refractivity contribution < 1.29 is 9.53 Å². The molecule has 0 saturated carbocycles. The number of halogens is 1. The highest BCUT2D eigenvalue weighted by molar-refractivity contribution is 7.98. The molecule has 0 bridgehead atoms. The predicted octanol–water partition coefficient (Wildman–Crippen LogP) is 3.02. The van der Waals surface area contributed by atoms with Crippen molar-refractivity contribution in [3.8, 4) is 0 Å². The molecule has 2 saturated heterocycles. The zero-order valence-corrected chi connectivity index (χ0v) is 22.0. The standard InChI is InChI=1S/C25H35ClN6O2S/c1-2-30-10-12-32(13-11-30)23-18-22(26)28-25(29-23)35-19-20-4-6-21(7-5-20)24(33)27-8-3-9-31-14-16-34-17-15-31/h4-7,18H,2-3,8-17,19H2,1H3,(H,27,33). The van der Waals surface area contributed by atoms with Gasteiger partial charge in [0.05, 0.1) is 13.2 Å². The number of carbonyl (C=O) groups excluding carboxylic acids is 1. The fourth-order valence-corrected chi connectivity index (χ4v) is 5.27. The van der Waals surface area contributed by atoms with E-state index in [1.807, 2.05) is 30.3 Å². The van der Waals surface area contributed by atoms with Gasteiger partial charge in [0.25, 0.3) is 5.91 Å². The van der Waals surface area contributed by atoms with Crippen LogP contribution in [0.25, 0.3) is 0 Å². The second kappa shape index (κ2) is 13.4. The monoisotopic (exact) mass is 518 g/mol. The number of nitrogens with one attached hydrogen (secondary N) is 1. The lowest BCUT2D eigenvalue weighted by Gasteiger charge is -2.34. The van der Waals surface area contributed by atoms with Crippen LogP contribution in [0, 0.1) is 0 Å². The van der Waals surface area contributed by atoms with Gasteiger partial charge in [-0.15, -0.1) is 0 Å². The van der Waals surface area contributed by atoms with Crippen molar-refractivity contribution in [3.05, 3.63) is 46.6 Å². The third-order valence-corrected chi connectivity index (χ3v) is 7.54. The molecule has 1 aromatic carbocycles. The van der Waals surface area contributed by atoms with E-state index in [2.05, 4.69) is 31.9 Å².